The van der Waals surface area contributed by atoms with Crippen LogP contribution in [0, 0.1) is 6.92 Å². The standard InChI is InChI=1S/C16H17N3O5/c1-10-3-8-13(15(22)19(10)9-14(20)21)18-16(23)17-11-4-6-12(24-2)7-5-11/h3-8H,9H2,1-2H3,(H,20,21)(H2,17,18,23). The van der Waals surface area contributed by atoms with Crippen LogP contribution >= 0.6 is 0 Å². The molecule has 8 heteroatoms. The second kappa shape index (κ2) is 7.32. The van der Waals surface area contributed by atoms with E-state index in [4.69, 9.17) is 9.84 Å². The van der Waals surface area contributed by atoms with E-state index in [1.807, 2.05) is 0 Å². The van der Waals surface area contributed by atoms with Crippen molar-refractivity contribution in [3.63, 3.8) is 0 Å². The number of ether oxygens (including phenoxy) is 1. The molecule has 24 heavy (non-hydrogen) atoms. The van der Waals surface area contributed by atoms with Crippen molar-refractivity contribution in [1.29, 1.82) is 0 Å². The van der Waals surface area contributed by atoms with E-state index in [0.29, 0.717) is 17.1 Å². The summed E-state index contributed by atoms with van der Waals surface area (Å²) in [4.78, 5) is 35.1. The van der Waals surface area contributed by atoms with Gasteiger partial charge in [0.1, 0.15) is 18.0 Å². The van der Waals surface area contributed by atoms with Gasteiger partial charge in [-0.3, -0.25) is 14.2 Å². The number of benzene rings is 1. The lowest BCUT2D eigenvalue weighted by molar-refractivity contribution is -0.137. The van der Waals surface area contributed by atoms with Crippen molar-refractivity contribution in [3.05, 3.63) is 52.4 Å². The molecule has 0 unspecified atom stereocenters. The third-order valence-electron chi connectivity index (χ3n) is 3.28. The number of pyridine rings is 1. The highest BCUT2D eigenvalue weighted by molar-refractivity contribution is 5.99. The molecule has 0 saturated carbocycles. The van der Waals surface area contributed by atoms with Crippen LogP contribution in [0.4, 0.5) is 16.2 Å². The number of urea groups is 1. The number of aliphatic carboxylic acids is 1. The molecule has 0 spiro atoms. The zero-order chi connectivity index (χ0) is 17.7. The maximum Gasteiger partial charge on any atom is 0.323 e. The van der Waals surface area contributed by atoms with Crippen LogP contribution in [0.3, 0.4) is 0 Å². The maximum absolute atomic E-state index is 12.2. The van der Waals surface area contributed by atoms with E-state index < -0.39 is 24.1 Å². The Balaban J connectivity index is 2.13. The van der Waals surface area contributed by atoms with Crippen molar-refractivity contribution < 1.29 is 19.4 Å². The average Bonchev–Trinajstić information content (AvgIpc) is 2.54. The van der Waals surface area contributed by atoms with E-state index in [1.54, 1.807) is 37.3 Å². The molecule has 126 valence electrons. The summed E-state index contributed by atoms with van der Waals surface area (Å²) >= 11 is 0. The zero-order valence-electron chi connectivity index (χ0n) is 13.2. The van der Waals surface area contributed by atoms with Crippen LogP contribution in [0.2, 0.25) is 0 Å². The molecule has 0 saturated heterocycles. The van der Waals surface area contributed by atoms with Crippen LogP contribution < -0.4 is 20.9 Å². The number of methoxy groups -OCH3 is 1. The maximum atomic E-state index is 12.2. The highest BCUT2D eigenvalue weighted by atomic mass is 16.5. The van der Waals surface area contributed by atoms with Gasteiger partial charge in [-0.05, 0) is 43.3 Å². The number of amides is 2. The molecule has 8 nitrogen and oxygen atoms in total. The minimum absolute atomic E-state index is 0.00661. The number of aromatic nitrogens is 1. The Morgan fingerprint density at radius 1 is 1.12 bits per heavy atom. The van der Waals surface area contributed by atoms with Crippen LogP contribution in [0.15, 0.2) is 41.2 Å². The zero-order valence-corrected chi connectivity index (χ0v) is 13.2. The van der Waals surface area contributed by atoms with Crippen molar-refractivity contribution in [2.24, 2.45) is 0 Å². The molecule has 3 N–H and O–H groups in total. The van der Waals surface area contributed by atoms with Gasteiger partial charge >= 0.3 is 12.0 Å². The van der Waals surface area contributed by atoms with Gasteiger partial charge in [-0.15, -0.1) is 0 Å². The summed E-state index contributed by atoms with van der Waals surface area (Å²) in [5.74, 6) is -0.490. The minimum atomic E-state index is -1.14. The molecule has 0 radical (unpaired) electrons. The molecular formula is C16H17N3O5. The van der Waals surface area contributed by atoms with Crippen molar-refractivity contribution in [3.8, 4) is 5.75 Å². The molecule has 1 heterocycles. The van der Waals surface area contributed by atoms with Crippen LogP contribution in [0.5, 0.6) is 5.75 Å². The van der Waals surface area contributed by atoms with Gasteiger partial charge in [0.2, 0.25) is 0 Å². The van der Waals surface area contributed by atoms with Crippen molar-refractivity contribution in [1.82, 2.24) is 4.57 Å². The Morgan fingerprint density at radius 2 is 1.79 bits per heavy atom. The number of nitrogens with one attached hydrogen (secondary N) is 2. The van der Waals surface area contributed by atoms with E-state index in [-0.39, 0.29) is 5.69 Å². The summed E-state index contributed by atoms with van der Waals surface area (Å²) < 4.78 is 6.10. The van der Waals surface area contributed by atoms with Gasteiger partial charge in [0, 0.05) is 11.4 Å². The number of carboxylic acid groups (broad SMARTS) is 1. The monoisotopic (exact) mass is 331 g/mol. The quantitative estimate of drug-likeness (QED) is 0.775. The third kappa shape index (κ3) is 4.13. The van der Waals surface area contributed by atoms with Crippen molar-refractivity contribution in [2.75, 3.05) is 17.7 Å². The number of hydrogen-bond donors (Lipinski definition) is 3. The van der Waals surface area contributed by atoms with Crippen LogP contribution in [-0.4, -0.2) is 28.8 Å². The summed E-state index contributed by atoms with van der Waals surface area (Å²) in [6.07, 6.45) is 0. The van der Waals surface area contributed by atoms with Crippen molar-refractivity contribution >= 4 is 23.4 Å². The molecule has 1 aromatic heterocycles. The number of aryl methyl sites for hydroxylation is 1. The fraction of sp³-hybridized carbons (Fsp3) is 0.188. The SMILES string of the molecule is COc1ccc(NC(=O)Nc2ccc(C)n(CC(=O)O)c2=O)cc1. The average molecular weight is 331 g/mol. The van der Waals surface area contributed by atoms with E-state index in [0.717, 1.165) is 4.57 Å². The van der Waals surface area contributed by atoms with Gasteiger partial charge in [0.25, 0.3) is 5.56 Å². The molecule has 0 fully saturated rings. The van der Waals surface area contributed by atoms with Gasteiger partial charge in [-0.2, -0.15) is 0 Å². The molecule has 2 rings (SSSR count). The fourth-order valence-electron chi connectivity index (χ4n) is 2.06. The first kappa shape index (κ1) is 17.1. The summed E-state index contributed by atoms with van der Waals surface area (Å²) in [6, 6.07) is 9.05. The smallest absolute Gasteiger partial charge is 0.323 e. The number of hydrogen-bond acceptors (Lipinski definition) is 4. The largest absolute Gasteiger partial charge is 0.497 e. The molecule has 0 aliphatic carbocycles. The Bertz CT molecular complexity index is 811. The van der Waals surface area contributed by atoms with E-state index in [9.17, 15) is 14.4 Å². The molecule has 0 atom stereocenters. The van der Waals surface area contributed by atoms with Gasteiger partial charge in [-0.1, -0.05) is 0 Å². The topological polar surface area (TPSA) is 110 Å². The van der Waals surface area contributed by atoms with Gasteiger partial charge in [0.05, 0.1) is 7.11 Å². The highest BCUT2D eigenvalue weighted by Crippen LogP contribution is 2.15. The van der Waals surface area contributed by atoms with Crippen LogP contribution in [0.1, 0.15) is 5.69 Å². The van der Waals surface area contributed by atoms with E-state index >= 15 is 0 Å². The number of carbonyl (C=O) groups is 2. The predicted octanol–water partition coefficient (Wildman–Crippen LogP) is 1.89. The summed E-state index contributed by atoms with van der Waals surface area (Å²) in [6.45, 7) is 1.14. The lowest BCUT2D eigenvalue weighted by atomic mass is 10.3. The normalized spacial score (nSPS) is 10.1. The van der Waals surface area contributed by atoms with E-state index in [1.165, 1.54) is 13.2 Å². The Hall–Kier alpha value is -3.29. The minimum Gasteiger partial charge on any atom is -0.497 e. The number of rotatable bonds is 5. The van der Waals surface area contributed by atoms with E-state index in [2.05, 4.69) is 10.6 Å². The Labute approximate surface area is 137 Å². The number of carboxylic acids is 1. The highest BCUT2D eigenvalue weighted by Gasteiger charge is 2.11. The Morgan fingerprint density at radius 3 is 2.38 bits per heavy atom. The first-order valence-electron chi connectivity index (χ1n) is 7.05. The third-order valence-corrected chi connectivity index (χ3v) is 3.28. The first-order valence-corrected chi connectivity index (χ1v) is 7.05. The predicted molar refractivity (Wildman–Crippen MR) is 88.7 cm³/mol. The number of carbonyl (C=O) groups excluding carboxylic acids is 1. The lowest BCUT2D eigenvalue weighted by Crippen LogP contribution is -2.31. The van der Waals surface area contributed by atoms with Gasteiger partial charge in [-0.25, -0.2) is 4.79 Å². The molecular weight excluding hydrogens is 314 g/mol. The summed E-state index contributed by atoms with van der Waals surface area (Å²) in [7, 11) is 1.54. The molecule has 0 aliphatic heterocycles. The first-order chi connectivity index (χ1) is 11.4. The molecule has 1 aromatic carbocycles. The second-order valence-corrected chi connectivity index (χ2v) is 4.98. The molecule has 0 aliphatic rings. The van der Waals surface area contributed by atoms with Gasteiger partial charge in [0.15, 0.2) is 0 Å². The van der Waals surface area contributed by atoms with Gasteiger partial charge < -0.3 is 20.5 Å². The summed E-state index contributed by atoms with van der Waals surface area (Å²) in [5.41, 5.74) is 0.421. The molecule has 2 amide bonds. The molecule has 2 aromatic rings. The summed E-state index contributed by atoms with van der Waals surface area (Å²) in [5, 5.41) is 13.9. The molecule has 0 bridgehead atoms. The number of anilines is 2. The van der Waals surface area contributed by atoms with Crippen molar-refractivity contribution in [2.45, 2.75) is 13.5 Å². The second-order valence-electron chi connectivity index (χ2n) is 4.98. The van der Waals surface area contributed by atoms with Crippen LogP contribution in [-0.2, 0) is 11.3 Å². The number of nitrogens with zero attached hydrogens (tertiary/aromatic N) is 1. The lowest BCUT2D eigenvalue weighted by Gasteiger charge is -2.11. The fourth-order valence-corrected chi connectivity index (χ4v) is 2.06. The van der Waals surface area contributed by atoms with Crippen LogP contribution in [0.25, 0.3) is 0 Å². The Kier molecular flexibility index (Phi) is 5.20.